The molecule has 1 aromatic rings. The molecule has 100 valence electrons. The van der Waals surface area contributed by atoms with Crippen molar-refractivity contribution in [2.24, 2.45) is 7.05 Å². The molecule has 18 heavy (non-hydrogen) atoms. The third kappa shape index (κ3) is 1.70. The number of ether oxygens (including phenoxy) is 1. The van der Waals surface area contributed by atoms with Gasteiger partial charge in [-0.3, -0.25) is 0 Å². The second kappa shape index (κ2) is 4.51. The summed E-state index contributed by atoms with van der Waals surface area (Å²) in [7, 11) is 2.03. The summed E-state index contributed by atoms with van der Waals surface area (Å²) in [5.41, 5.74) is -0.115. The first-order valence-electron chi connectivity index (χ1n) is 6.50. The van der Waals surface area contributed by atoms with E-state index in [1.807, 2.05) is 25.7 Å². The molecule has 1 spiro atoms. The first kappa shape index (κ1) is 12.4. The fourth-order valence-electron chi connectivity index (χ4n) is 2.99. The van der Waals surface area contributed by atoms with E-state index < -0.39 is 0 Å². The fraction of sp³-hybridized carbons (Fsp3) is 0.833. The minimum atomic E-state index is -0.115. The molecule has 5 nitrogen and oxygen atoms in total. The highest BCUT2D eigenvalue weighted by atomic mass is 32.2. The van der Waals surface area contributed by atoms with E-state index in [1.165, 1.54) is 0 Å². The normalized spacial score (nSPS) is 36.4. The van der Waals surface area contributed by atoms with Crippen molar-refractivity contribution in [3.63, 3.8) is 0 Å². The van der Waals surface area contributed by atoms with Crippen molar-refractivity contribution in [3.8, 4) is 0 Å². The van der Waals surface area contributed by atoms with Gasteiger partial charge in [0, 0.05) is 18.8 Å². The van der Waals surface area contributed by atoms with Crippen LogP contribution in [0.5, 0.6) is 0 Å². The number of hydrogen-bond donors (Lipinski definition) is 1. The molecule has 0 saturated carbocycles. The Bertz CT molecular complexity index is 449. The molecular formula is C12H20N4OS. The van der Waals surface area contributed by atoms with Crippen molar-refractivity contribution >= 4 is 11.8 Å². The average molecular weight is 268 g/mol. The lowest BCUT2D eigenvalue weighted by Crippen LogP contribution is -2.56. The molecule has 2 aliphatic heterocycles. The zero-order chi connectivity index (χ0) is 12.8. The molecule has 3 atom stereocenters. The molecule has 2 fully saturated rings. The minimum absolute atomic E-state index is 0.115. The number of nitrogens with zero attached hydrogens (tertiary/aromatic N) is 3. The van der Waals surface area contributed by atoms with E-state index in [0.29, 0.717) is 5.25 Å². The molecule has 0 aliphatic carbocycles. The van der Waals surface area contributed by atoms with Crippen LogP contribution in [0.25, 0.3) is 0 Å². The molecule has 0 amide bonds. The predicted octanol–water partition coefficient (Wildman–Crippen LogP) is 1.05. The molecule has 2 saturated heterocycles. The number of aryl methyl sites for hydroxylation is 1. The molecule has 3 unspecified atom stereocenters. The first-order valence-corrected chi connectivity index (χ1v) is 7.55. The van der Waals surface area contributed by atoms with Gasteiger partial charge in [0.25, 0.3) is 0 Å². The van der Waals surface area contributed by atoms with Crippen molar-refractivity contribution in [3.05, 3.63) is 11.6 Å². The average Bonchev–Trinajstić information content (AvgIpc) is 2.88. The van der Waals surface area contributed by atoms with Crippen LogP contribution < -0.4 is 5.32 Å². The zero-order valence-corrected chi connectivity index (χ0v) is 12.0. The Morgan fingerprint density at radius 1 is 1.50 bits per heavy atom. The number of hydrogen-bond acceptors (Lipinski definition) is 5. The number of nitrogens with one attached hydrogen (secondary N) is 1. The molecule has 2 aliphatic rings. The standard InChI is InChI=1S/C12H20N4OS/c1-8-12(4-7-18-8)10(13-5-6-17-12)11-15-14-9(2)16(11)3/h8,10,13H,4-7H2,1-3H3. The van der Waals surface area contributed by atoms with Gasteiger partial charge in [-0.15, -0.1) is 10.2 Å². The molecule has 0 bridgehead atoms. The van der Waals surface area contributed by atoms with Gasteiger partial charge in [-0.1, -0.05) is 6.92 Å². The zero-order valence-electron chi connectivity index (χ0n) is 11.1. The van der Waals surface area contributed by atoms with Crippen LogP contribution in [0.1, 0.15) is 31.0 Å². The minimum Gasteiger partial charge on any atom is -0.370 e. The predicted molar refractivity (Wildman–Crippen MR) is 71.7 cm³/mol. The van der Waals surface area contributed by atoms with Crippen molar-refractivity contribution in [1.82, 2.24) is 20.1 Å². The summed E-state index contributed by atoms with van der Waals surface area (Å²) in [6, 6.07) is 0.155. The third-order valence-electron chi connectivity index (χ3n) is 4.24. The van der Waals surface area contributed by atoms with Gasteiger partial charge in [0.2, 0.25) is 0 Å². The summed E-state index contributed by atoms with van der Waals surface area (Å²) in [4.78, 5) is 0. The molecule has 3 heterocycles. The highest BCUT2D eigenvalue weighted by Gasteiger charge is 2.52. The molecular weight excluding hydrogens is 248 g/mol. The quantitative estimate of drug-likeness (QED) is 0.825. The molecule has 0 radical (unpaired) electrons. The summed E-state index contributed by atoms with van der Waals surface area (Å²) >= 11 is 1.99. The van der Waals surface area contributed by atoms with E-state index in [4.69, 9.17) is 4.74 Å². The maximum absolute atomic E-state index is 6.21. The van der Waals surface area contributed by atoms with Crippen LogP contribution in [0.15, 0.2) is 0 Å². The summed E-state index contributed by atoms with van der Waals surface area (Å²) < 4.78 is 8.28. The highest BCUT2D eigenvalue weighted by Crippen LogP contribution is 2.47. The number of rotatable bonds is 1. The monoisotopic (exact) mass is 268 g/mol. The summed E-state index contributed by atoms with van der Waals surface area (Å²) in [6.07, 6.45) is 1.09. The van der Waals surface area contributed by atoms with Crippen LogP contribution in [-0.2, 0) is 11.8 Å². The van der Waals surface area contributed by atoms with Crippen LogP contribution in [0.4, 0.5) is 0 Å². The summed E-state index contributed by atoms with van der Waals surface area (Å²) in [5.74, 6) is 3.11. The van der Waals surface area contributed by atoms with Gasteiger partial charge in [-0.05, 0) is 19.1 Å². The van der Waals surface area contributed by atoms with Gasteiger partial charge in [0.15, 0.2) is 5.82 Å². The van der Waals surface area contributed by atoms with Gasteiger partial charge in [0.05, 0.1) is 12.6 Å². The Kier molecular flexibility index (Phi) is 3.11. The van der Waals surface area contributed by atoms with Gasteiger partial charge in [-0.25, -0.2) is 0 Å². The van der Waals surface area contributed by atoms with E-state index in [9.17, 15) is 0 Å². The second-order valence-electron chi connectivity index (χ2n) is 5.12. The maximum Gasteiger partial charge on any atom is 0.152 e. The molecule has 6 heteroatoms. The van der Waals surface area contributed by atoms with E-state index in [0.717, 1.165) is 37.0 Å². The summed E-state index contributed by atoms with van der Waals surface area (Å²) in [5, 5.41) is 12.6. The van der Waals surface area contributed by atoms with E-state index in [2.05, 4.69) is 27.0 Å². The highest BCUT2D eigenvalue weighted by molar-refractivity contribution is 8.00. The lowest BCUT2D eigenvalue weighted by molar-refractivity contribution is -0.0966. The van der Waals surface area contributed by atoms with Crippen molar-refractivity contribution in [2.45, 2.75) is 37.2 Å². The fourth-order valence-corrected chi connectivity index (χ4v) is 4.39. The Morgan fingerprint density at radius 3 is 2.94 bits per heavy atom. The van der Waals surface area contributed by atoms with Crippen LogP contribution in [0, 0.1) is 6.92 Å². The first-order chi connectivity index (χ1) is 8.65. The van der Waals surface area contributed by atoms with E-state index >= 15 is 0 Å². The van der Waals surface area contributed by atoms with Crippen LogP contribution in [0.2, 0.25) is 0 Å². The third-order valence-corrected chi connectivity index (χ3v) is 5.58. The molecule has 1 aromatic heterocycles. The van der Waals surface area contributed by atoms with Crippen molar-refractivity contribution < 1.29 is 4.74 Å². The number of thioether (sulfide) groups is 1. The Labute approximate surface area is 112 Å². The van der Waals surface area contributed by atoms with Gasteiger partial charge >= 0.3 is 0 Å². The largest absolute Gasteiger partial charge is 0.370 e. The van der Waals surface area contributed by atoms with Gasteiger partial charge in [-0.2, -0.15) is 11.8 Å². The SMILES string of the molecule is Cc1nnc(C2NCCOC23CCSC3C)n1C. The molecule has 3 rings (SSSR count). The Hall–Kier alpha value is -0.590. The van der Waals surface area contributed by atoms with E-state index in [1.54, 1.807) is 0 Å². The number of aromatic nitrogens is 3. The number of morpholine rings is 1. The molecule has 0 aromatic carbocycles. The van der Waals surface area contributed by atoms with Crippen LogP contribution >= 0.6 is 11.8 Å². The van der Waals surface area contributed by atoms with Crippen LogP contribution in [-0.4, -0.2) is 44.5 Å². The van der Waals surface area contributed by atoms with Gasteiger partial charge in [0.1, 0.15) is 11.4 Å². The lowest BCUT2D eigenvalue weighted by atomic mass is 9.86. The smallest absolute Gasteiger partial charge is 0.152 e. The topological polar surface area (TPSA) is 52.0 Å². The maximum atomic E-state index is 6.21. The van der Waals surface area contributed by atoms with Crippen LogP contribution in [0.3, 0.4) is 0 Å². The van der Waals surface area contributed by atoms with Gasteiger partial charge < -0.3 is 14.6 Å². The van der Waals surface area contributed by atoms with Crippen molar-refractivity contribution in [2.75, 3.05) is 18.9 Å². The van der Waals surface area contributed by atoms with E-state index in [-0.39, 0.29) is 11.6 Å². The van der Waals surface area contributed by atoms with Crippen molar-refractivity contribution in [1.29, 1.82) is 0 Å². The lowest BCUT2D eigenvalue weighted by Gasteiger charge is -2.43. The summed E-state index contributed by atoms with van der Waals surface area (Å²) in [6.45, 7) is 5.93. The Balaban J connectivity index is 2.00. The molecule has 1 N–H and O–H groups in total. The second-order valence-corrected chi connectivity index (χ2v) is 6.57. The Morgan fingerprint density at radius 2 is 2.33 bits per heavy atom.